The minimum absolute atomic E-state index is 0.0686. The molecule has 0 atom stereocenters. The zero-order valence-electron chi connectivity index (χ0n) is 15.6. The third-order valence-electron chi connectivity index (χ3n) is 4.03. The lowest BCUT2D eigenvalue weighted by Gasteiger charge is -2.10. The van der Waals surface area contributed by atoms with Crippen molar-refractivity contribution in [2.75, 3.05) is 5.32 Å². The number of alkyl halides is 2. The second-order valence-corrected chi connectivity index (χ2v) is 7.97. The molecule has 0 bridgehead atoms. The molecule has 6 nitrogen and oxygen atoms in total. The van der Waals surface area contributed by atoms with Crippen molar-refractivity contribution >= 4 is 21.6 Å². The highest BCUT2D eigenvalue weighted by Crippen LogP contribution is 2.20. The van der Waals surface area contributed by atoms with E-state index in [4.69, 9.17) is 0 Å². The van der Waals surface area contributed by atoms with Crippen LogP contribution < -0.4 is 14.8 Å². The molecule has 9 heteroatoms. The highest BCUT2D eigenvalue weighted by Gasteiger charge is 2.16. The lowest BCUT2D eigenvalue weighted by molar-refractivity contribution is -0.0498. The fraction of sp³-hybridized carbons (Fsp3) is 0.0952. The Balaban J connectivity index is 1.72. The van der Waals surface area contributed by atoms with E-state index in [9.17, 15) is 22.0 Å². The molecule has 3 rings (SSSR count). The fourth-order valence-corrected chi connectivity index (χ4v) is 3.68. The smallest absolute Gasteiger partial charge is 0.387 e. The van der Waals surface area contributed by atoms with Crippen LogP contribution >= 0.6 is 0 Å². The van der Waals surface area contributed by atoms with E-state index >= 15 is 0 Å². The summed E-state index contributed by atoms with van der Waals surface area (Å²) in [6, 6.07) is 20.0. The maximum atomic E-state index is 12.6. The molecular formula is C21H18F2N2O4S. The lowest BCUT2D eigenvalue weighted by atomic mass is 10.2. The molecule has 1 amide bonds. The third kappa shape index (κ3) is 5.85. The Morgan fingerprint density at radius 1 is 0.933 bits per heavy atom. The fourth-order valence-electron chi connectivity index (χ4n) is 2.62. The van der Waals surface area contributed by atoms with Crippen LogP contribution in [0, 0.1) is 0 Å². The van der Waals surface area contributed by atoms with Crippen molar-refractivity contribution in [3.05, 3.63) is 90.0 Å². The molecule has 0 heterocycles. The molecule has 0 aliphatic carbocycles. The van der Waals surface area contributed by atoms with Crippen LogP contribution in [0.2, 0.25) is 0 Å². The summed E-state index contributed by atoms with van der Waals surface area (Å²) in [4.78, 5) is 12.4. The van der Waals surface area contributed by atoms with Crippen molar-refractivity contribution in [1.29, 1.82) is 0 Å². The number of carbonyl (C=O) groups is 1. The molecule has 30 heavy (non-hydrogen) atoms. The summed E-state index contributed by atoms with van der Waals surface area (Å²) in [6.45, 7) is -2.88. The molecular weight excluding hydrogens is 414 g/mol. The molecule has 3 aromatic carbocycles. The number of ether oxygens (including phenoxy) is 1. The van der Waals surface area contributed by atoms with Gasteiger partial charge in [0, 0.05) is 23.9 Å². The normalized spacial score (nSPS) is 11.3. The summed E-state index contributed by atoms with van der Waals surface area (Å²) in [6.07, 6.45) is 0. The molecule has 0 spiro atoms. The predicted molar refractivity (Wildman–Crippen MR) is 108 cm³/mol. The van der Waals surface area contributed by atoms with Gasteiger partial charge in [0.15, 0.2) is 0 Å². The van der Waals surface area contributed by atoms with E-state index in [1.165, 1.54) is 48.5 Å². The first-order chi connectivity index (χ1) is 14.3. The van der Waals surface area contributed by atoms with Crippen molar-refractivity contribution in [3.8, 4) is 5.75 Å². The Labute approximate surface area is 172 Å². The SMILES string of the molecule is O=C(Nc1cccc(OC(F)F)c1)c1cccc(S(=O)(=O)NCc2ccccc2)c1. The molecule has 0 aromatic heterocycles. The van der Waals surface area contributed by atoms with Gasteiger partial charge >= 0.3 is 6.61 Å². The number of halogens is 2. The molecule has 0 saturated heterocycles. The number of benzene rings is 3. The van der Waals surface area contributed by atoms with Gasteiger partial charge in [-0.25, -0.2) is 13.1 Å². The standard InChI is InChI=1S/C21H18F2N2O4S/c22-21(23)29-18-10-5-9-17(13-18)25-20(26)16-8-4-11-19(12-16)30(27,28)24-14-15-6-2-1-3-7-15/h1-13,21,24H,14H2,(H,25,26). The quantitative estimate of drug-likeness (QED) is 0.563. The van der Waals surface area contributed by atoms with Crippen LogP contribution in [0.15, 0.2) is 83.8 Å². The highest BCUT2D eigenvalue weighted by atomic mass is 32.2. The first kappa shape index (κ1) is 21.4. The number of nitrogens with one attached hydrogen (secondary N) is 2. The van der Waals surface area contributed by atoms with Crippen LogP contribution in [0.25, 0.3) is 0 Å². The Hall–Kier alpha value is -3.30. The van der Waals surface area contributed by atoms with Crippen molar-refractivity contribution in [3.63, 3.8) is 0 Å². The van der Waals surface area contributed by atoms with Gasteiger partial charge < -0.3 is 10.1 Å². The van der Waals surface area contributed by atoms with Gasteiger partial charge in [0.25, 0.3) is 5.91 Å². The van der Waals surface area contributed by atoms with E-state index < -0.39 is 22.5 Å². The van der Waals surface area contributed by atoms with E-state index in [0.717, 1.165) is 5.56 Å². The summed E-state index contributed by atoms with van der Waals surface area (Å²) in [5.41, 5.74) is 1.12. The van der Waals surface area contributed by atoms with Crippen molar-refractivity contribution in [2.24, 2.45) is 0 Å². The molecule has 156 valence electrons. The number of amides is 1. The lowest BCUT2D eigenvalue weighted by Crippen LogP contribution is -2.23. The number of sulfonamides is 1. The Morgan fingerprint density at radius 2 is 1.67 bits per heavy atom. The van der Waals surface area contributed by atoms with Gasteiger partial charge in [0.1, 0.15) is 5.75 Å². The van der Waals surface area contributed by atoms with Gasteiger partial charge in [0.05, 0.1) is 4.90 Å². The molecule has 3 aromatic rings. The number of anilines is 1. The zero-order chi connectivity index (χ0) is 21.6. The number of carbonyl (C=O) groups excluding carboxylic acids is 1. The summed E-state index contributed by atoms with van der Waals surface area (Å²) in [7, 11) is -3.84. The number of hydrogen-bond donors (Lipinski definition) is 2. The maximum Gasteiger partial charge on any atom is 0.387 e. The molecule has 0 fully saturated rings. The second kappa shape index (κ2) is 9.47. The van der Waals surface area contributed by atoms with Gasteiger partial charge in [-0.3, -0.25) is 4.79 Å². The summed E-state index contributed by atoms with van der Waals surface area (Å²) in [5, 5.41) is 2.53. The van der Waals surface area contributed by atoms with Crippen LogP contribution in [-0.4, -0.2) is 20.9 Å². The first-order valence-corrected chi connectivity index (χ1v) is 10.3. The van der Waals surface area contributed by atoms with Gasteiger partial charge in [0.2, 0.25) is 10.0 Å². The maximum absolute atomic E-state index is 12.6. The van der Waals surface area contributed by atoms with Crippen molar-refractivity contribution in [2.45, 2.75) is 18.1 Å². The molecule has 0 unspecified atom stereocenters. The molecule has 0 aliphatic heterocycles. The summed E-state index contributed by atoms with van der Waals surface area (Å²) < 4.78 is 56.6. The predicted octanol–water partition coefficient (Wildman–Crippen LogP) is 4.02. The molecule has 0 aliphatic rings. The molecule has 0 radical (unpaired) electrons. The van der Waals surface area contributed by atoms with Gasteiger partial charge in [-0.2, -0.15) is 8.78 Å². The molecule has 0 saturated carbocycles. The minimum atomic E-state index is -3.84. The third-order valence-corrected chi connectivity index (χ3v) is 5.43. The number of rotatable bonds is 8. The van der Waals surface area contributed by atoms with Crippen LogP contribution in [-0.2, 0) is 16.6 Å². The van der Waals surface area contributed by atoms with Crippen LogP contribution in [0.5, 0.6) is 5.75 Å². The average Bonchev–Trinajstić information content (AvgIpc) is 2.73. The minimum Gasteiger partial charge on any atom is -0.435 e. The Kier molecular flexibility index (Phi) is 6.76. The number of hydrogen-bond acceptors (Lipinski definition) is 4. The highest BCUT2D eigenvalue weighted by molar-refractivity contribution is 7.89. The van der Waals surface area contributed by atoms with Gasteiger partial charge in [-0.1, -0.05) is 42.5 Å². The van der Waals surface area contributed by atoms with Crippen LogP contribution in [0.1, 0.15) is 15.9 Å². The van der Waals surface area contributed by atoms with E-state index in [2.05, 4.69) is 14.8 Å². The van der Waals surface area contributed by atoms with Crippen LogP contribution in [0.4, 0.5) is 14.5 Å². The summed E-state index contributed by atoms with van der Waals surface area (Å²) in [5.74, 6) is -0.700. The van der Waals surface area contributed by atoms with E-state index in [-0.39, 0.29) is 28.4 Å². The Bertz CT molecular complexity index is 1120. The van der Waals surface area contributed by atoms with E-state index in [1.807, 2.05) is 6.07 Å². The van der Waals surface area contributed by atoms with Crippen molar-refractivity contribution < 1.29 is 26.7 Å². The summed E-state index contributed by atoms with van der Waals surface area (Å²) >= 11 is 0. The topological polar surface area (TPSA) is 84.5 Å². The molecule has 2 N–H and O–H groups in total. The monoisotopic (exact) mass is 432 g/mol. The largest absolute Gasteiger partial charge is 0.435 e. The van der Waals surface area contributed by atoms with Gasteiger partial charge in [-0.05, 0) is 35.9 Å². The zero-order valence-corrected chi connectivity index (χ0v) is 16.4. The Morgan fingerprint density at radius 3 is 2.40 bits per heavy atom. The van der Waals surface area contributed by atoms with Gasteiger partial charge in [-0.15, -0.1) is 0 Å². The van der Waals surface area contributed by atoms with E-state index in [0.29, 0.717) is 0 Å². The van der Waals surface area contributed by atoms with Crippen LogP contribution in [0.3, 0.4) is 0 Å². The van der Waals surface area contributed by atoms with E-state index in [1.54, 1.807) is 24.3 Å². The first-order valence-electron chi connectivity index (χ1n) is 8.83. The second-order valence-electron chi connectivity index (χ2n) is 6.20. The average molecular weight is 432 g/mol. The van der Waals surface area contributed by atoms with Crippen molar-refractivity contribution in [1.82, 2.24) is 4.72 Å².